The first-order chi connectivity index (χ1) is 8.16. The van der Waals surface area contributed by atoms with Crippen LogP contribution < -0.4 is 0 Å². The first-order valence-corrected chi connectivity index (χ1v) is 5.75. The van der Waals surface area contributed by atoms with Crippen LogP contribution in [-0.2, 0) is 4.79 Å². The molecule has 0 radical (unpaired) electrons. The monoisotopic (exact) mass is 251 g/mol. The first kappa shape index (κ1) is 11.6. The predicted molar refractivity (Wildman–Crippen MR) is 60.6 cm³/mol. The highest BCUT2D eigenvalue weighted by molar-refractivity contribution is 7.99. The number of thioether (sulfide) groups is 1. The highest BCUT2D eigenvalue weighted by Crippen LogP contribution is 2.24. The Labute approximate surface area is 101 Å². The third-order valence-corrected chi connectivity index (χ3v) is 2.77. The average molecular weight is 251 g/mol. The zero-order chi connectivity index (χ0) is 12.3. The van der Waals surface area contributed by atoms with Gasteiger partial charge in [0, 0.05) is 11.9 Å². The van der Waals surface area contributed by atoms with Gasteiger partial charge in [0.05, 0.1) is 5.56 Å². The molecule has 17 heavy (non-hydrogen) atoms. The fraction of sp³-hybridized carbons (Fsp3) is 0.200. The van der Waals surface area contributed by atoms with Gasteiger partial charge < -0.3 is 9.52 Å². The highest BCUT2D eigenvalue weighted by Gasteiger charge is 2.12. The van der Waals surface area contributed by atoms with Crippen LogP contribution in [0.4, 0.5) is 0 Å². The van der Waals surface area contributed by atoms with Gasteiger partial charge in [0.2, 0.25) is 0 Å². The van der Waals surface area contributed by atoms with Crippen molar-refractivity contribution >= 4 is 17.7 Å². The Kier molecular flexibility index (Phi) is 3.38. The van der Waals surface area contributed by atoms with Crippen LogP contribution in [0.5, 0.6) is 0 Å². The zero-order valence-electron chi connectivity index (χ0n) is 8.95. The number of hydrogen-bond acceptors (Lipinski definition) is 6. The van der Waals surface area contributed by atoms with E-state index < -0.39 is 5.97 Å². The van der Waals surface area contributed by atoms with Gasteiger partial charge in [0.1, 0.15) is 5.75 Å². The van der Waals surface area contributed by atoms with E-state index >= 15 is 0 Å². The smallest absolute Gasteiger partial charge is 0.314 e. The molecule has 0 aliphatic rings. The van der Waals surface area contributed by atoms with Crippen LogP contribution in [0, 0.1) is 6.92 Å². The van der Waals surface area contributed by atoms with E-state index in [4.69, 9.17) is 9.52 Å². The molecule has 7 heteroatoms. The van der Waals surface area contributed by atoms with E-state index in [1.165, 1.54) is 0 Å². The SMILES string of the molecule is Cc1ncccc1-c1nnc(SCC(=O)O)o1. The molecule has 0 atom stereocenters. The third kappa shape index (κ3) is 2.82. The van der Waals surface area contributed by atoms with E-state index in [2.05, 4.69) is 15.2 Å². The normalized spacial score (nSPS) is 10.4. The van der Waals surface area contributed by atoms with Crippen LogP contribution in [0.15, 0.2) is 28.0 Å². The summed E-state index contributed by atoms with van der Waals surface area (Å²) in [6, 6.07) is 3.60. The van der Waals surface area contributed by atoms with Crippen molar-refractivity contribution in [3.63, 3.8) is 0 Å². The van der Waals surface area contributed by atoms with Crippen molar-refractivity contribution in [3.8, 4) is 11.5 Å². The van der Waals surface area contributed by atoms with Crippen LogP contribution in [0.3, 0.4) is 0 Å². The number of hydrogen-bond donors (Lipinski definition) is 1. The summed E-state index contributed by atoms with van der Waals surface area (Å²) < 4.78 is 5.34. The Bertz CT molecular complexity index is 541. The lowest BCUT2D eigenvalue weighted by molar-refractivity contribution is -0.133. The minimum Gasteiger partial charge on any atom is -0.481 e. The van der Waals surface area contributed by atoms with Crippen molar-refractivity contribution in [2.24, 2.45) is 0 Å². The van der Waals surface area contributed by atoms with Crippen LogP contribution in [0.2, 0.25) is 0 Å². The van der Waals surface area contributed by atoms with Gasteiger partial charge in [0.15, 0.2) is 0 Å². The maximum absolute atomic E-state index is 10.4. The number of aromatic nitrogens is 3. The molecular weight excluding hydrogens is 242 g/mol. The zero-order valence-corrected chi connectivity index (χ0v) is 9.77. The van der Waals surface area contributed by atoms with Crippen LogP contribution in [-0.4, -0.2) is 32.0 Å². The minimum atomic E-state index is -0.924. The summed E-state index contributed by atoms with van der Waals surface area (Å²) in [4.78, 5) is 14.5. The van der Waals surface area contributed by atoms with Gasteiger partial charge in [-0.25, -0.2) is 0 Å². The maximum atomic E-state index is 10.4. The molecule has 6 nitrogen and oxygen atoms in total. The van der Waals surface area contributed by atoms with Crippen molar-refractivity contribution in [1.82, 2.24) is 15.2 Å². The lowest BCUT2D eigenvalue weighted by atomic mass is 10.2. The second-order valence-corrected chi connectivity index (χ2v) is 4.12. The summed E-state index contributed by atoms with van der Waals surface area (Å²) in [5.74, 6) is -0.677. The quantitative estimate of drug-likeness (QED) is 0.825. The molecular formula is C10H9N3O3S. The van der Waals surface area contributed by atoms with Crippen LogP contribution in [0.1, 0.15) is 5.69 Å². The Balaban J connectivity index is 2.18. The molecule has 2 aromatic heterocycles. The summed E-state index contributed by atoms with van der Waals surface area (Å²) in [5, 5.41) is 16.4. The molecule has 2 heterocycles. The number of rotatable bonds is 4. The number of carboxylic acid groups (broad SMARTS) is 1. The Morgan fingerprint density at radius 3 is 3.06 bits per heavy atom. The first-order valence-electron chi connectivity index (χ1n) is 4.77. The van der Waals surface area contributed by atoms with Crippen molar-refractivity contribution in [2.45, 2.75) is 12.1 Å². The van der Waals surface area contributed by atoms with Crippen LogP contribution >= 0.6 is 11.8 Å². The van der Waals surface area contributed by atoms with Crippen molar-refractivity contribution in [1.29, 1.82) is 0 Å². The standard InChI is InChI=1S/C10H9N3O3S/c1-6-7(3-2-4-11-6)9-12-13-10(16-9)17-5-8(14)15/h2-4H,5H2,1H3,(H,14,15). The van der Waals surface area contributed by atoms with Gasteiger partial charge in [-0.3, -0.25) is 9.78 Å². The van der Waals surface area contributed by atoms with Crippen molar-refractivity contribution in [3.05, 3.63) is 24.0 Å². The summed E-state index contributed by atoms with van der Waals surface area (Å²) in [6.45, 7) is 1.84. The largest absolute Gasteiger partial charge is 0.481 e. The molecule has 0 saturated heterocycles. The molecule has 88 valence electrons. The molecule has 0 aliphatic carbocycles. The molecule has 0 aromatic carbocycles. The fourth-order valence-corrected chi connectivity index (χ4v) is 1.69. The van der Waals surface area contributed by atoms with Gasteiger partial charge in [-0.05, 0) is 19.1 Å². The van der Waals surface area contributed by atoms with Gasteiger partial charge in [0.25, 0.3) is 11.1 Å². The van der Waals surface area contributed by atoms with E-state index in [1.807, 2.05) is 13.0 Å². The van der Waals surface area contributed by atoms with Gasteiger partial charge in [-0.15, -0.1) is 10.2 Å². The number of aliphatic carboxylic acids is 1. The lowest BCUT2D eigenvalue weighted by Gasteiger charge is -1.97. The summed E-state index contributed by atoms with van der Waals surface area (Å²) in [5.41, 5.74) is 1.54. The van der Waals surface area contributed by atoms with Crippen LogP contribution in [0.25, 0.3) is 11.5 Å². The number of carbonyl (C=O) groups is 1. The topological polar surface area (TPSA) is 89.1 Å². The number of aryl methyl sites for hydroxylation is 1. The molecule has 1 N–H and O–H groups in total. The number of nitrogens with zero attached hydrogens (tertiary/aromatic N) is 3. The Hall–Kier alpha value is -1.89. The maximum Gasteiger partial charge on any atom is 0.314 e. The predicted octanol–water partition coefficient (Wildman–Crippen LogP) is 1.62. The molecule has 2 rings (SSSR count). The second-order valence-electron chi connectivity index (χ2n) is 3.19. The van der Waals surface area contributed by atoms with E-state index in [1.54, 1.807) is 12.3 Å². The molecule has 0 spiro atoms. The summed E-state index contributed by atoms with van der Waals surface area (Å²) in [7, 11) is 0. The molecule has 0 aliphatic heterocycles. The van der Waals surface area contributed by atoms with Gasteiger partial charge in [-0.1, -0.05) is 11.8 Å². The number of pyridine rings is 1. The molecule has 0 amide bonds. The Morgan fingerprint density at radius 2 is 2.35 bits per heavy atom. The fourth-order valence-electron chi connectivity index (χ4n) is 1.21. The van der Waals surface area contributed by atoms with Crippen molar-refractivity contribution in [2.75, 3.05) is 5.75 Å². The van der Waals surface area contributed by atoms with E-state index in [9.17, 15) is 4.79 Å². The highest BCUT2D eigenvalue weighted by atomic mass is 32.2. The molecule has 0 unspecified atom stereocenters. The summed E-state index contributed by atoms with van der Waals surface area (Å²) in [6.07, 6.45) is 1.68. The van der Waals surface area contributed by atoms with Gasteiger partial charge >= 0.3 is 5.97 Å². The van der Waals surface area contributed by atoms with E-state index in [0.29, 0.717) is 5.89 Å². The molecule has 2 aromatic rings. The molecule has 0 bridgehead atoms. The third-order valence-electron chi connectivity index (χ3n) is 1.96. The van der Waals surface area contributed by atoms with Gasteiger partial charge in [-0.2, -0.15) is 0 Å². The minimum absolute atomic E-state index is 0.104. The molecule has 0 fully saturated rings. The molecule has 0 saturated carbocycles. The average Bonchev–Trinajstić information content (AvgIpc) is 2.75. The van der Waals surface area contributed by atoms with E-state index in [-0.39, 0.29) is 11.0 Å². The number of carboxylic acids is 1. The lowest BCUT2D eigenvalue weighted by Crippen LogP contribution is -1.97. The van der Waals surface area contributed by atoms with Crippen molar-refractivity contribution < 1.29 is 14.3 Å². The Morgan fingerprint density at radius 1 is 1.53 bits per heavy atom. The second kappa shape index (κ2) is 4.96. The van der Waals surface area contributed by atoms with E-state index in [0.717, 1.165) is 23.0 Å². The summed E-state index contributed by atoms with van der Waals surface area (Å²) >= 11 is 0.990.